The van der Waals surface area contributed by atoms with E-state index < -0.39 is 0 Å². The topological polar surface area (TPSA) is 48.9 Å². The van der Waals surface area contributed by atoms with E-state index in [2.05, 4.69) is 27.4 Å². The highest BCUT2D eigenvalue weighted by molar-refractivity contribution is 5.79. The molecule has 0 atom stereocenters. The molecule has 0 aromatic rings. The van der Waals surface area contributed by atoms with Gasteiger partial charge in [-0.1, -0.05) is 6.92 Å². The van der Waals surface area contributed by atoms with Crippen molar-refractivity contribution in [3.8, 4) is 0 Å². The number of methoxy groups -OCH3 is 1. The van der Waals surface area contributed by atoms with Crippen LogP contribution in [0.1, 0.15) is 32.6 Å². The normalized spacial score (nSPS) is 18.2. The zero-order chi connectivity index (χ0) is 14.6. The molecule has 0 aromatic heterocycles. The molecule has 0 radical (unpaired) electrons. The van der Waals surface area contributed by atoms with Crippen molar-refractivity contribution in [2.45, 2.75) is 32.6 Å². The number of piperidine rings is 1. The molecule has 5 nitrogen and oxygen atoms in total. The zero-order valence-corrected chi connectivity index (χ0v) is 13.5. The van der Waals surface area contributed by atoms with Crippen molar-refractivity contribution in [2.75, 3.05) is 53.5 Å². The van der Waals surface area contributed by atoms with Crippen molar-refractivity contribution in [3.63, 3.8) is 0 Å². The molecule has 1 aliphatic rings. The van der Waals surface area contributed by atoms with E-state index >= 15 is 0 Å². The minimum absolute atomic E-state index is 0.702. The first kappa shape index (κ1) is 17.2. The molecule has 0 saturated carbocycles. The zero-order valence-electron chi connectivity index (χ0n) is 13.5. The van der Waals surface area contributed by atoms with Gasteiger partial charge in [0.25, 0.3) is 0 Å². The quantitative estimate of drug-likeness (QED) is 0.401. The van der Waals surface area contributed by atoms with Crippen LogP contribution in [0.15, 0.2) is 4.99 Å². The van der Waals surface area contributed by atoms with Gasteiger partial charge in [0.1, 0.15) is 0 Å². The minimum atomic E-state index is 0.702. The molecule has 1 rings (SSSR count). The van der Waals surface area contributed by atoms with E-state index in [9.17, 15) is 0 Å². The Bertz CT molecular complexity index is 263. The standard InChI is InChI=1S/C15H32N4O/c1-14-6-11-19(12-7-14)10-5-4-8-17-15(16-2)18-9-13-20-3/h14H,4-13H2,1-3H3,(H2,16,17,18). The number of guanidine groups is 1. The molecular formula is C15H32N4O. The second-order valence-corrected chi connectivity index (χ2v) is 5.65. The van der Waals surface area contributed by atoms with Gasteiger partial charge in [0.05, 0.1) is 6.61 Å². The summed E-state index contributed by atoms with van der Waals surface area (Å²) in [5.41, 5.74) is 0. The van der Waals surface area contributed by atoms with Crippen LogP contribution in [0.4, 0.5) is 0 Å². The van der Waals surface area contributed by atoms with Crippen molar-refractivity contribution >= 4 is 5.96 Å². The monoisotopic (exact) mass is 284 g/mol. The van der Waals surface area contributed by atoms with Gasteiger partial charge < -0.3 is 20.3 Å². The van der Waals surface area contributed by atoms with E-state index in [0.29, 0.717) is 6.61 Å². The molecule has 0 amide bonds. The predicted molar refractivity (Wildman–Crippen MR) is 85.3 cm³/mol. The van der Waals surface area contributed by atoms with Crippen LogP contribution in [-0.4, -0.2) is 64.3 Å². The summed E-state index contributed by atoms with van der Waals surface area (Å²) in [7, 11) is 3.51. The summed E-state index contributed by atoms with van der Waals surface area (Å²) in [5.74, 6) is 1.79. The lowest BCUT2D eigenvalue weighted by Gasteiger charge is -2.30. The first-order valence-corrected chi connectivity index (χ1v) is 7.92. The van der Waals surface area contributed by atoms with Crippen LogP contribution >= 0.6 is 0 Å². The average molecular weight is 284 g/mol. The number of likely N-dealkylation sites (tertiary alicyclic amines) is 1. The fraction of sp³-hybridized carbons (Fsp3) is 0.933. The van der Waals surface area contributed by atoms with Crippen molar-refractivity contribution in [1.29, 1.82) is 0 Å². The minimum Gasteiger partial charge on any atom is -0.383 e. The van der Waals surface area contributed by atoms with Crippen molar-refractivity contribution < 1.29 is 4.74 Å². The molecule has 1 fully saturated rings. The largest absolute Gasteiger partial charge is 0.383 e. The van der Waals surface area contributed by atoms with Crippen LogP contribution in [0.2, 0.25) is 0 Å². The van der Waals surface area contributed by atoms with E-state index in [1.165, 1.54) is 45.3 Å². The summed E-state index contributed by atoms with van der Waals surface area (Å²) in [6.07, 6.45) is 5.19. The lowest BCUT2D eigenvalue weighted by atomic mass is 9.99. The van der Waals surface area contributed by atoms with Gasteiger partial charge in [0, 0.05) is 27.2 Å². The lowest BCUT2D eigenvalue weighted by Crippen LogP contribution is -2.39. The van der Waals surface area contributed by atoms with Gasteiger partial charge in [-0.05, 0) is 51.2 Å². The van der Waals surface area contributed by atoms with Crippen LogP contribution in [0.3, 0.4) is 0 Å². The first-order valence-electron chi connectivity index (χ1n) is 7.92. The molecule has 0 spiro atoms. The van der Waals surface area contributed by atoms with Crippen LogP contribution in [0, 0.1) is 5.92 Å². The smallest absolute Gasteiger partial charge is 0.191 e. The number of rotatable bonds is 8. The number of aliphatic imine (C=N–C) groups is 1. The van der Waals surface area contributed by atoms with Gasteiger partial charge in [-0.15, -0.1) is 0 Å². The Labute approximate surface area is 124 Å². The summed E-state index contributed by atoms with van der Waals surface area (Å²) >= 11 is 0. The molecule has 20 heavy (non-hydrogen) atoms. The number of nitrogens with zero attached hydrogens (tertiary/aromatic N) is 2. The van der Waals surface area contributed by atoms with E-state index in [1.807, 2.05) is 0 Å². The molecule has 5 heteroatoms. The summed E-state index contributed by atoms with van der Waals surface area (Å²) in [5, 5.41) is 6.56. The maximum atomic E-state index is 5.00. The second kappa shape index (κ2) is 10.9. The summed E-state index contributed by atoms with van der Waals surface area (Å²) in [6.45, 7) is 8.66. The summed E-state index contributed by atoms with van der Waals surface area (Å²) in [4.78, 5) is 6.79. The van der Waals surface area contributed by atoms with Crippen molar-refractivity contribution in [1.82, 2.24) is 15.5 Å². The maximum absolute atomic E-state index is 5.00. The van der Waals surface area contributed by atoms with Gasteiger partial charge in [-0.3, -0.25) is 4.99 Å². The Morgan fingerprint density at radius 1 is 1.20 bits per heavy atom. The number of hydrogen-bond acceptors (Lipinski definition) is 3. The molecule has 118 valence electrons. The number of unbranched alkanes of at least 4 members (excludes halogenated alkanes) is 1. The van der Waals surface area contributed by atoms with Gasteiger partial charge in [0.2, 0.25) is 0 Å². The lowest BCUT2D eigenvalue weighted by molar-refractivity contribution is 0.189. The molecule has 0 bridgehead atoms. The Kier molecular flexibility index (Phi) is 9.41. The van der Waals surface area contributed by atoms with Crippen molar-refractivity contribution in [2.24, 2.45) is 10.9 Å². The summed E-state index contributed by atoms with van der Waals surface area (Å²) in [6, 6.07) is 0. The average Bonchev–Trinajstić information content (AvgIpc) is 2.47. The van der Waals surface area contributed by atoms with Gasteiger partial charge in [-0.2, -0.15) is 0 Å². The maximum Gasteiger partial charge on any atom is 0.191 e. The molecule has 0 aliphatic carbocycles. The molecule has 2 N–H and O–H groups in total. The molecule has 1 saturated heterocycles. The third-order valence-electron chi connectivity index (χ3n) is 3.89. The summed E-state index contributed by atoms with van der Waals surface area (Å²) < 4.78 is 5.00. The predicted octanol–water partition coefficient (Wildman–Crippen LogP) is 1.31. The molecule has 1 aliphatic heterocycles. The molecule has 1 heterocycles. The van der Waals surface area contributed by atoms with Crippen molar-refractivity contribution in [3.05, 3.63) is 0 Å². The third kappa shape index (κ3) is 7.70. The Morgan fingerprint density at radius 3 is 2.55 bits per heavy atom. The molecule has 0 unspecified atom stereocenters. The molecular weight excluding hydrogens is 252 g/mol. The van der Waals surface area contributed by atoms with Gasteiger partial charge in [0.15, 0.2) is 5.96 Å². The van der Waals surface area contributed by atoms with Gasteiger partial charge in [-0.25, -0.2) is 0 Å². The van der Waals surface area contributed by atoms with Crippen LogP contribution < -0.4 is 10.6 Å². The Morgan fingerprint density at radius 2 is 1.90 bits per heavy atom. The second-order valence-electron chi connectivity index (χ2n) is 5.65. The number of hydrogen-bond donors (Lipinski definition) is 2. The third-order valence-corrected chi connectivity index (χ3v) is 3.89. The van der Waals surface area contributed by atoms with E-state index in [-0.39, 0.29) is 0 Å². The fourth-order valence-corrected chi connectivity index (χ4v) is 2.44. The number of nitrogens with one attached hydrogen (secondary N) is 2. The first-order chi connectivity index (χ1) is 9.76. The van der Waals surface area contributed by atoms with E-state index in [1.54, 1.807) is 14.2 Å². The van der Waals surface area contributed by atoms with E-state index in [4.69, 9.17) is 4.74 Å². The number of ether oxygens (including phenoxy) is 1. The highest BCUT2D eigenvalue weighted by Gasteiger charge is 2.14. The SMILES string of the molecule is CN=C(NCCCCN1CCC(C)CC1)NCCOC. The fourth-order valence-electron chi connectivity index (χ4n) is 2.44. The van der Waals surface area contributed by atoms with Gasteiger partial charge >= 0.3 is 0 Å². The Hall–Kier alpha value is -0.810. The van der Waals surface area contributed by atoms with Crippen LogP contribution in [0.5, 0.6) is 0 Å². The molecule has 0 aromatic carbocycles. The Balaban J connectivity index is 1.98. The van der Waals surface area contributed by atoms with E-state index in [0.717, 1.165) is 25.0 Å². The van der Waals surface area contributed by atoms with Crippen LogP contribution in [-0.2, 0) is 4.74 Å². The highest BCUT2D eigenvalue weighted by Crippen LogP contribution is 2.15. The van der Waals surface area contributed by atoms with Crippen LogP contribution in [0.25, 0.3) is 0 Å². The highest BCUT2D eigenvalue weighted by atomic mass is 16.5.